The molecule has 0 amide bonds. The van der Waals surface area contributed by atoms with Crippen LogP contribution in [0, 0.1) is 0 Å². The summed E-state index contributed by atoms with van der Waals surface area (Å²) < 4.78 is 12.6. The fraction of sp³-hybridized carbons (Fsp3) is 0.167. The van der Waals surface area contributed by atoms with Crippen molar-refractivity contribution in [2.75, 3.05) is 23.3 Å². The van der Waals surface area contributed by atoms with Gasteiger partial charge in [-0.15, -0.1) is 0 Å². The van der Waals surface area contributed by atoms with Crippen LogP contribution < -0.4 is 15.0 Å². The third kappa shape index (κ3) is 3.59. The predicted molar refractivity (Wildman–Crippen MR) is 145 cm³/mol. The van der Waals surface area contributed by atoms with Crippen molar-refractivity contribution in [2.45, 2.75) is 19.4 Å². The first-order chi connectivity index (χ1) is 17.9. The fourth-order valence-electron chi connectivity index (χ4n) is 5.27. The van der Waals surface area contributed by atoms with Crippen LogP contribution in [0.15, 0.2) is 78.9 Å². The maximum atomic E-state index is 13.2. The van der Waals surface area contributed by atoms with Crippen LogP contribution in [0.3, 0.4) is 0 Å². The molecule has 186 valence electrons. The summed E-state index contributed by atoms with van der Waals surface area (Å²) in [6.45, 7) is 5.89. The van der Waals surface area contributed by atoms with E-state index in [-0.39, 0.29) is 5.75 Å². The van der Waals surface area contributed by atoms with E-state index in [4.69, 9.17) is 21.1 Å². The molecule has 4 aromatic rings. The zero-order valence-electron chi connectivity index (χ0n) is 20.4. The summed E-state index contributed by atoms with van der Waals surface area (Å²) in [4.78, 5) is 15.4. The lowest BCUT2D eigenvalue weighted by Gasteiger charge is -2.37. The molecule has 0 bridgehead atoms. The molecule has 2 aliphatic heterocycles. The predicted octanol–water partition coefficient (Wildman–Crippen LogP) is 7.20. The van der Waals surface area contributed by atoms with Crippen LogP contribution in [-0.2, 0) is 10.3 Å². The quantitative estimate of drug-likeness (QED) is 0.217. The molecule has 6 rings (SSSR count). The second-order valence-electron chi connectivity index (χ2n) is 9.07. The van der Waals surface area contributed by atoms with Crippen LogP contribution in [0.4, 0.5) is 17.1 Å². The van der Waals surface area contributed by atoms with Gasteiger partial charge in [0.2, 0.25) is 0 Å². The van der Waals surface area contributed by atoms with Crippen molar-refractivity contribution < 1.29 is 19.4 Å². The van der Waals surface area contributed by atoms with Gasteiger partial charge in [0.05, 0.1) is 11.3 Å². The maximum absolute atomic E-state index is 13.2. The molecule has 0 saturated carbocycles. The van der Waals surface area contributed by atoms with Gasteiger partial charge in [0.25, 0.3) is 0 Å². The molecule has 0 fully saturated rings. The molecule has 2 aliphatic rings. The van der Waals surface area contributed by atoms with Gasteiger partial charge in [-0.1, -0.05) is 29.8 Å². The number of rotatable bonds is 5. The molecule has 1 atom stereocenters. The number of hydrogen-bond donors (Lipinski definition) is 2. The van der Waals surface area contributed by atoms with E-state index in [1.54, 1.807) is 30.3 Å². The minimum Gasteiger partial charge on any atom is -0.506 e. The zero-order valence-corrected chi connectivity index (χ0v) is 21.2. The summed E-state index contributed by atoms with van der Waals surface area (Å²) in [5, 5.41) is 14.8. The summed E-state index contributed by atoms with van der Waals surface area (Å²) in [5.74, 6) is 0.611. The number of carbonyl (C=O) groups is 1. The Morgan fingerprint density at radius 2 is 1.62 bits per heavy atom. The van der Waals surface area contributed by atoms with Gasteiger partial charge in [-0.3, -0.25) is 0 Å². The van der Waals surface area contributed by atoms with Crippen molar-refractivity contribution >= 4 is 34.6 Å². The Bertz CT molecular complexity index is 1530. The molecule has 2 heterocycles. The van der Waals surface area contributed by atoms with Crippen LogP contribution in [0.1, 0.15) is 40.9 Å². The smallest absolute Gasteiger partial charge is 0.340 e. The molecule has 0 aliphatic carbocycles. The summed E-state index contributed by atoms with van der Waals surface area (Å²) >= 11 is 6.04. The number of esters is 1. The average Bonchev–Trinajstić information content (AvgIpc) is 3.20. The zero-order chi connectivity index (χ0) is 25.7. The second-order valence-corrected chi connectivity index (χ2v) is 9.50. The molecule has 7 heteroatoms. The molecule has 6 nitrogen and oxygen atoms in total. The monoisotopic (exact) mass is 512 g/mol. The van der Waals surface area contributed by atoms with Gasteiger partial charge in [0.15, 0.2) is 5.60 Å². The van der Waals surface area contributed by atoms with Crippen molar-refractivity contribution in [1.82, 2.24) is 0 Å². The van der Waals surface area contributed by atoms with Gasteiger partial charge in [0.1, 0.15) is 17.2 Å². The highest BCUT2D eigenvalue weighted by atomic mass is 35.5. The van der Waals surface area contributed by atoms with Crippen LogP contribution in [0.2, 0.25) is 5.02 Å². The number of fused-ring (bicyclic) bond motifs is 6. The summed E-state index contributed by atoms with van der Waals surface area (Å²) in [5.41, 5.74) is 3.60. The van der Waals surface area contributed by atoms with E-state index in [2.05, 4.69) is 24.1 Å². The lowest BCUT2D eigenvalue weighted by atomic mass is 9.77. The van der Waals surface area contributed by atoms with E-state index in [0.29, 0.717) is 33.3 Å². The SMILES string of the molecule is CCN(CC)c1ccc2c(c1)Oc1cc(O)c(Nc3ccc(Cl)cc3)cc1C21OC(=O)c2ccccc21. The van der Waals surface area contributed by atoms with Gasteiger partial charge in [0, 0.05) is 58.3 Å². The Kier molecular flexibility index (Phi) is 5.50. The van der Waals surface area contributed by atoms with Gasteiger partial charge in [-0.25, -0.2) is 4.79 Å². The molecule has 1 unspecified atom stereocenters. The molecule has 4 aromatic carbocycles. The van der Waals surface area contributed by atoms with Crippen molar-refractivity contribution in [3.8, 4) is 17.2 Å². The first-order valence-electron chi connectivity index (χ1n) is 12.2. The first kappa shape index (κ1) is 23.3. The minimum atomic E-state index is -1.22. The molecule has 0 radical (unpaired) electrons. The van der Waals surface area contributed by atoms with E-state index >= 15 is 0 Å². The molecule has 0 saturated heterocycles. The number of aromatic hydroxyl groups is 1. The minimum absolute atomic E-state index is 0.00445. The van der Waals surface area contributed by atoms with E-state index in [9.17, 15) is 9.90 Å². The number of benzene rings is 4. The van der Waals surface area contributed by atoms with Gasteiger partial charge < -0.3 is 24.8 Å². The largest absolute Gasteiger partial charge is 0.506 e. The van der Waals surface area contributed by atoms with E-state index < -0.39 is 11.6 Å². The maximum Gasteiger partial charge on any atom is 0.340 e. The van der Waals surface area contributed by atoms with Crippen LogP contribution in [0.5, 0.6) is 17.2 Å². The van der Waals surface area contributed by atoms with Crippen LogP contribution in [-0.4, -0.2) is 24.2 Å². The Labute approximate surface area is 220 Å². The lowest BCUT2D eigenvalue weighted by molar-refractivity contribution is 0.0224. The normalized spacial score (nSPS) is 16.9. The Hall–Kier alpha value is -4.16. The number of ether oxygens (including phenoxy) is 2. The number of halogens is 1. The first-order valence-corrected chi connectivity index (χ1v) is 12.6. The number of nitrogens with zero attached hydrogens (tertiary/aromatic N) is 1. The topological polar surface area (TPSA) is 71.0 Å². The van der Waals surface area contributed by atoms with Gasteiger partial charge >= 0.3 is 5.97 Å². The van der Waals surface area contributed by atoms with Gasteiger partial charge in [-0.05, 0) is 62.4 Å². The number of carbonyl (C=O) groups excluding carboxylic acids is 1. The number of phenolic OH excluding ortho intramolecular Hbond substituents is 1. The summed E-state index contributed by atoms with van der Waals surface area (Å²) in [6.07, 6.45) is 0. The summed E-state index contributed by atoms with van der Waals surface area (Å²) in [7, 11) is 0. The van der Waals surface area contributed by atoms with Crippen molar-refractivity contribution in [3.63, 3.8) is 0 Å². The lowest BCUT2D eigenvalue weighted by Crippen LogP contribution is -2.33. The fourth-order valence-corrected chi connectivity index (χ4v) is 5.40. The highest BCUT2D eigenvalue weighted by Crippen LogP contribution is 2.58. The molecule has 37 heavy (non-hydrogen) atoms. The number of hydrogen-bond acceptors (Lipinski definition) is 6. The molecular formula is C30H25ClN2O4. The van der Waals surface area contributed by atoms with E-state index in [1.807, 2.05) is 48.5 Å². The third-order valence-corrected chi connectivity index (χ3v) is 7.32. The number of nitrogens with one attached hydrogen (secondary N) is 1. The highest BCUT2D eigenvalue weighted by molar-refractivity contribution is 6.30. The molecule has 1 spiro atoms. The standard InChI is InChI=1S/C30H25ClN2O4/c1-3-33(4-2)20-13-14-23-27(15-20)36-28-17-26(34)25(32-19-11-9-18(31)10-12-19)16-24(28)30(23)22-8-6-5-7-21(22)29(35)37-30/h5-17,32,34H,3-4H2,1-2H3. The van der Waals surface area contributed by atoms with E-state index in [1.165, 1.54) is 0 Å². The second kappa shape index (κ2) is 8.75. The van der Waals surface area contributed by atoms with Crippen molar-refractivity contribution in [1.29, 1.82) is 0 Å². The van der Waals surface area contributed by atoms with E-state index in [0.717, 1.165) is 35.6 Å². The Morgan fingerprint density at radius 1 is 0.892 bits per heavy atom. The van der Waals surface area contributed by atoms with Crippen molar-refractivity contribution in [2.24, 2.45) is 0 Å². The molecular weight excluding hydrogens is 488 g/mol. The highest BCUT2D eigenvalue weighted by Gasteiger charge is 2.53. The molecule has 0 aromatic heterocycles. The molecule has 2 N–H and O–H groups in total. The van der Waals surface area contributed by atoms with Gasteiger partial charge in [-0.2, -0.15) is 0 Å². The summed E-state index contributed by atoms with van der Waals surface area (Å²) in [6, 6.07) is 23.9. The third-order valence-electron chi connectivity index (χ3n) is 7.07. The average molecular weight is 513 g/mol. The van der Waals surface area contributed by atoms with Crippen LogP contribution >= 0.6 is 11.6 Å². The number of phenols is 1. The number of anilines is 3. The Balaban J connectivity index is 1.57. The van der Waals surface area contributed by atoms with Crippen LogP contribution in [0.25, 0.3) is 0 Å². The Morgan fingerprint density at radius 3 is 2.38 bits per heavy atom. The van der Waals surface area contributed by atoms with Crippen molar-refractivity contribution in [3.05, 3.63) is 106 Å².